The molecule has 0 aliphatic carbocycles. The van der Waals surface area contributed by atoms with Crippen molar-refractivity contribution in [2.45, 2.75) is 5.75 Å². The molecule has 2 rings (SSSR count). The summed E-state index contributed by atoms with van der Waals surface area (Å²) in [4.78, 5) is 0. The van der Waals surface area contributed by atoms with Gasteiger partial charge in [-0.1, -0.05) is 0 Å². The van der Waals surface area contributed by atoms with E-state index in [9.17, 15) is 8.42 Å². The summed E-state index contributed by atoms with van der Waals surface area (Å²) in [6, 6.07) is 7.44. The Morgan fingerprint density at radius 1 is 1.28 bits per heavy atom. The molecule has 1 heterocycles. The molecule has 96 valence electrons. The van der Waals surface area contributed by atoms with Crippen LogP contribution in [0.25, 0.3) is 11.5 Å². The van der Waals surface area contributed by atoms with Crippen LogP contribution in [-0.4, -0.2) is 25.7 Å². The Bertz CT molecular complexity index is 636. The quantitative estimate of drug-likeness (QED) is 0.595. The number of hydrogen-bond acceptors (Lipinski definition) is 6. The first-order valence-corrected chi connectivity index (χ1v) is 7.52. The zero-order chi connectivity index (χ0) is 13.2. The average molecular weight is 380 g/mol. The molecule has 0 saturated heterocycles. The Hall–Kier alpha value is -1.00. The van der Waals surface area contributed by atoms with Crippen LogP contribution in [0.5, 0.6) is 0 Å². The van der Waals surface area contributed by atoms with Gasteiger partial charge in [0, 0.05) is 9.13 Å². The maximum absolute atomic E-state index is 11.2. The van der Waals surface area contributed by atoms with Crippen LogP contribution in [0.4, 0.5) is 0 Å². The monoisotopic (exact) mass is 380 g/mol. The topological polar surface area (TPSA) is 82.3 Å². The molecule has 0 unspecified atom stereocenters. The highest BCUT2D eigenvalue weighted by molar-refractivity contribution is 14.1. The normalized spacial score (nSPS) is 11.7. The molecular formula is C10H9IN2O4S. The van der Waals surface area contributed by atoms with Crippen LogP contribution in [-0.2, 0) is 20.1 Å². The van der Waals surface area contributed by atoms with Crippen molar-refractivity contribution in [2.75, 3.05) is 7.11 Å². The fraction of sp³-hybridized carbons (Fsp3) is 0.200. The van der Waals surface area contributed by atoms with Gasteiger partial charge in [-0.05, 0) is 46.9 Å². The van der Waals surface area contributed by atoms with Crippen molar-refractivity contribution in [2.24, 2.45) is 0 Å². The first-order chi connectivity index (χ1) is 8.50. The Balaban J connectivity index is 2.23. The van der Waals surface area contributed by atoms with Gasteiger partial charge in [0.15, 0.2) is 5.75 Å². The highest BCUT2D eigenvalue weighted by Crippen LogP contribution is 2.19. The molecule has 18 heavy (non-hydrogen) atoms. The molecule has 0 bridgehead atoms. The highest BCUT2D eigenvalue weighted by atomic mass is 127. The van der Waals surface area contributed by atoms with Crippen LogP contribution in [0, 0.1) is 3.57 Å². The standard InChI is InChI=1S/C10H9IN2O4S/c1-16-18(14,15)6-9-12-13-10(17-9)7-2-4-8(11)5-3-7/h2-5H,6H2,1H3. The molecule has 0 radical (unpaired) electrons. The number of benzene rings is 1. The second-order valence-electron chi connectivity index (χ2n) is 3.38. The Morgan fingerprint density at radius 3 is 2.56 bits per heavy atom. The molecular weight excluding hydrogens is 371 g/mol. The summed E-state index contributed by atoms with van der Waals surface area (Å²) in [5, 5.41) is 7.47. The number of halogens is 1. The summed E-state index contributed by atoms with van der Waals surface area (Å²) in [5.41, 5.74) is 0.740. The third-order valence-corrected chi connectivity index (χ3v) is 3.94. The fourth-order valence-corrected chi connectivity index (χ4v) is 2.13. The molecule has 8 heteroatoms. The Morgan fingerprint density at radius 2 is 1.94 bits per heavy atom. The molecule has 0 amide bonds. The summed E-state index contributed by atoms with van der Waals surface area (Å²) >= 11 is 2.18. The smallest absolute Gasteiger partial charge is 0.276 e. The lowest BCUT2D eigenvalue weighted by Crippen LogP contribution is -2.05. The zero-order valence-electron chi connectivity index (χ0n) is 9.33. The van der Waals surface area contributed by atoms with E-state index in [1.165, 1.54) is 0 Å². The summed E-state index contributed by atoms with van der Waals surface area (Å²) < 4.78 is 33.1. The average Bonchev–Trinajstić information content (AvgIpc) is 2.78. The SMILES string of the molecule is COS(=O)(=O)Cc1nnc(-c2ccc(I)cc2)o1. The van der Waals surface area contributed by atoms with Crippen molar-refractivity contribution >= 4 is 32.7 Å². The van der Waals surface area contributed by atoms with E-state index in [0.29, 0.717) is 0 Å². The molecule has 0 fully saturated rings. The first kappa shape index (κ1) is 13.4. The van der Waals surface area contributed by atoms with Gasteiger partial charge in [0.1, 0.15) is 0 Å². The lowest BCUT2D eigenvalue weighted by molar-refractivity contribution is 0.391. The second-order valence-corrected chi connectivity index (χ2v) is 6.36. The van der Waals surface area contributed by atoms with Crippen molar-refractivity contribution < 1.29 is 17.0 Å². The number of rotatable bonds is 4. The number of nitrogens with zero attached hydrogens (tertiary/aromatic N) is 2. The summed E-state index contributed by atoms with van der Waals surface area (Å²) in [7, 11) is -2.56. The van der Waals surface area contributed by atoms with Gasteiger partial charge in [0.2, 0.25) is 11.8 Å². The first-order valence-electron chi connectivity index (χ1n) is 4.87. The Labute approximate surface area is 118 Å². The van der Waals surface area contributed by atoms with Crippen LogP contribution >= 0.6 is 22.6 Å². The molecule has 0 N–H and O–H groups in total. The third-order valence-electron chi connectivity index (χ3n) is 2.11. The lowest BCUT2D eigenvalue weighted by Gasteiger charge is -1.96. The second kappa shape index (κ2) is 5.33. The minimum absolute atomic E-state index is 0.00500. The van der Waals surface area contributed by atoms with E-state index in [1.807, 2.05) is 24.3 Å². The van der Waals surface area contributed by atoms with E-state index in [-0.39, 0.29) is 11.8 Å². The molecule has 0 spiro atoms. The van der Waals surface area contributed by atoms with Crippen molar-refractivity contribution in [1.29, 1.82) is 0 Å². The van der Waals surface area contributed by atoms with E-state index in [2.05, 4.69) is 37.0 Å². The molecule has 0 saturated carbocycles. The summed E-state index contributed by atoms with van der Waals surface area (Å²) in [6.45, 7) is 0. The van der Waals surface area contributed by atoms with E-state index >= 15 is 0 Å². The van der Waals surface area contributed by atoms with Crippen LogP contribution < -0.4 is 0 Å². The molecule has 2 aromatic rings. The fourth-order valence-electron chi connectivity index (χ4n) is 1.23. The minimum atomic E-state index is -3.65. The van der Waals surface area contributed by atoms with E-state index in [1.54, 1.807) is 0 Å². The van der Waals surface area contributed by atoms with Gasteiger partial charge in [-0.2, -0.15) is 8.42 Å². The highest BCUT2D eigenvalue weighted by Gasteiger charge is 2.16. The Kier molecular flexibility index (Phi) is 3.97. The molecule has 0 aliphatic rings. The summed E-state index contributed by atoms with van der Waals surface area (Å²) in [6.07, 6.45) is 0. The lowest BCUT2D eigenvalue weighted by atomic mass is 10.2. The predicted octanol–water partition coefficient (Wildman–Crippen LogP) is 1.82. The number of hydrogen-bond donors (Lipinski definition) is 0. The van der Waals surface area contributed by atoms with Gasteiger partial charge in [-0.25, -0.2) is 0 Å². The maximum atomic E-state index is 11.2. The predicted molar refractivity (Wildman–Crippen MR) is 72.1 cm³/mol. The van der Waals surface area contributed by atoms with Crippen LogP contribution in [0.2, 0.25) is 0 Å². The summed E-state index contributed by atoms with van der Waals surface area (Å²) in [5.74, 6) is -0.140. The largest absolute Gasteiger partial charge is 0.419 e. The van der Waals surface area contributed by atoms with Crippen molar-refractivity contribution in [3.05, 3.63) is 33.7 Å². The molecule has 1 aromatic carbocycles. The van der Waals surface area contributed by atoms with Crippen LogP contribution in [0.3, 0.4) is 0 Å². The van der Waals surface area contributed by atoms with Gasteiger partial charge in [0.05, 0.1) is 7.11 Å². The van der Waals surface area contributed by atoms with Crippen molar-refractivity contribution in [1.82, 2.24) is 10.2 Å². The van der Waals surface area contributed by atoms with Crippen LogP contribution in [0.1, 0.15) is 5.89 Å². The van der Waals surface area contributed by atoms with Gasteiger partial charge in [-0.3, -0.25) is 4.18 Å². The van der Waals surface area contributed by atoms with Gasteiger partial charge >= 0.3 is 0 Å². The molecule has 1 aromatic heterocycles. The zero-order valence-corrected chi connectivity index (χ0v) is 12.3. The molecule has 0 aliphatic heterocycles. The van der Waals surface area contributed by atoms with E-state index in [4.69, 9.17) is 4.42 Å². The van der Waals surface area contributed by atoms with Gasteiger partial charge in [0.25, 0.3) is 10.1 Å². The van der Waals surface area contributed by atoms with Gasteiger partial charge in [-0.15, -0.1) is 10.2 Å². The van der Waals surface area contributed by atoms with Gasteiger partial charge < -0.3 is 4.42 Å². The van der Waals surface area contributed by atoms with Crippen LogP contribution in [0.15, 0.2) is 28.7 Å². The molecule has 6 nitrogen and oxygen atoms in total. The third kappa shape index (κ3) is 3.27. The van der Waals surface area contributed by atoms with Crippen molar-refractivity contribution in [3.8, 4) is 11.5 Å². The van der Waals surface area contributed by atoms with E-state index < -0.39 is 15.9 Å². The molecule has 0 atom stereocenters. The van der Waals surface area contributed by atoms with E-state index in [0.717, 1.165) is 16.2 Å². The number of aromatic nitrogens is 2. The minimum Gasteiger partial charge on any atom is -0.419 e. The maximum Gasteiger partial charge on any atom is 0.276 e. The van der Waals surface area contributed by atoms with Crippen molar-refractivity contribution in [3.63, 3.8) is 0 Å².